The van der Waals surface area contributed by atoms with E-state index in [1.54, 1.807) is 6.92 Å². The SMILES string of the molecule is COCC(CO[C@H]1C(O)[C@@H](C)O[C@H]1n1ccc(=O)[nH]c1=O)NC(=O)OCc1ccccc1. The summed E-state index contributed by atoms with van der Waals surface area (Å²) < 4.78 is 23.0. The van der Waals surface area contributed by atoms with E-state index >= 15 is 0 Å². The lowest BCUT2D eigenvalue weighted by atomic mass is 10.1. The molecule has 5 atom stereocenters. The van der Waals surface area contributed by atoms with Gasteiger partial charge in [0.1, 0.15) is 18.8 Å². The third kappa shape index (κ3) is 6.04. The Labute approximate surface area is 183 Å². The standard InChI is InChI=1S/C21H27N3O8/c1-13-17(26)18(19(32-13)24-9-8-16(25)23-20(24)27)30-12-15(11-29-2)22-21(28)31-10-14-6-4-3-5-7-14/h3-9,13,15,17-19,26H,10-12H2,1-2H3,(H,22,28)(H,23,25,27)/t13-,15?,17?,18+,19-/m1/s1. The number of hydrogen-bond acceptors (Lipinski definition) is 8. The molecule has 0 saturated carbocycles. The maximum absolute atomic E-state index is 12.2. The molecule has 1 aromatic carbocycles. The molecule has 174 valence electrons. The van der Waals surface area contributed by atoms with Crippen LogP contribution < -0.4 is 16.6 Å². The van der Waals surface area contributed by atoms with Crippen LogP contribution in [0.4, 0.5) is 4.79 Å². The number of H-pyrrole nitrogens is 1. The Morgan fingerprint density at radius 3 is 2.69 bits per heavy atom. The molecule has 0 aliphatic carbocycles. The number of hydrogen-bond donors (Lipinski definition) is 3. The number of alkyl carbamates (subject to hydrolysis) is 1. The molecule has 3 N–H and O–H groups in total. The van der Waals surface area contributed by atoms with Crippen LogP contribution in [0.3, 0.4) is 0 Å². The van der Waals surface area contributed by atoms with Gasteiger partial charge < -0.3 is 29.4 Å². The lowest BCUT2D eigenvalue weighted by Gasteiger charge is -2.25. The fourth-order valence-corrected chi connectivity index (χ4v) is 3.34. The van der Waals surface area contributed by atoms with E-state index in [1.807, 2.05) is 30.3 Å². The first-order valence-corrected chi connectivity index (χ1v) is 10.1. The van der Waals surface area contributed by atoms with Gasteiger partial charge in [-0.1, -0.05) is 30.3 Å². The molecule has 1 aliphatic rings. The van der Waals surface area contributed by atoms with Gasteiger partial charge in [-0.3, -0.25) is 14.3 Å². The molecule has 32 heavy (non-hydrogen) atoms. The van der Waals surface area contributed by atoms with Crippen molar-refractivity contribution in [3.05, 3.63) is 69.0 Å². The van der Waals surface area contributed by atoms with E-state index in [-0.39, 0.29) is 19.8 Å². The van der Waals surface area contributed by atoms with E-state index in [4.69, 9.17) is 18.9 Å². The first-order chi connectivity index (χ1) is 15.4. The second kappa shape index (κ2) is 11.0. The highest BCUT2D eigenvalue weighted by Crippen LogP contribution is 2.30. The molecule has 0 radical (unpaired) electrons. The fraction of sp³-hybridized carbons (Fsp3) is 0.476. The van der Waals surface area contributed by atoms with Gasteiger partial charge in [-0.05, 0) is 12.5 Å². The molecule has 0 bridgehead atoms. The largest absolute Gasteiger partial charge is 0.445 e. The molecule has 1 amide bonds. The summed E-state index contributed by atoms with van der Waals surface area (Å²) in [4.78, 5) is 37.8. The summed E-state index contributed by atoms with van der Waals surface area (Å²) in [5.74, 6) is 0. The number of aliphatic hydroxyl groups is 1. The molecular weight excluding hydrogens is 422 g/mol. The number of aliphatic hydroxyl groups excluding tert-OH is 1. The Morgan fingerprint density at radius 2 is 2.00 bits per heavy atom. The molecular formula is C21H27N3O8. The third-order valence-corrected chi connectivity index (χ3v) is 4.97. The summed E-state index contributed by atoms with van der Waals surface area (Å²) in [6, 6.07) is 9.83. The van der Waals surface area contributed by atoms with Crippen molar-refractivity contribution in [2.24, 2.45) is 0 Å². The van der Waals surface area contributed by atoms with Gasteiger partial charge in [0.05, 0.1) is 25.4 Å². The number of methoxy groups -OCH3 is 1. The number of carbonyl (C=O) groups is 1. The summed E-state index contributed by atoms with van der Waals surface area (Å²) in [6.45, 7) is 1.84. The van der Waals surface area contributed by atoms with Crippen LogP contribution in [0, 0.1) is 0 Å². The van der Waals surface area contributed by atoms with E-state index < -0.39 is 47.9 Å². The van der Waals surface area contributed by atoms with Gasteiger partial charge in [0.2, 0.25) is 0 Å². The first-order valence-electron chi connectivity index (χ1n) is 10.1. The number of ether oxygens (including phenoxy) is 4. The average molecular weight is 449 g/mol. The van der Waals surface area contributed by atoms with Crippen molar-refractivity contribution in [2.45, 2.75) is 44.1 Å². The van der Waals surface area contributed by atoms with Crippen LogP contribution in [0.1, 0.15) is 18.7 Å². The smallest absolute Gasteiger partial charge is 0.407 e. The molecule has 1 fully saturated rings. The summed E-state index contributed by atoms with van der Waals surface area (Å²) in [7, 11) is 1.47. The zero-order chi connectivity index (χ0) is 23.1. The maximum Gasteiger partial charge on any atom is 0.407 e. The molecule has 0 spiro atoms. The van der Waals surface area contributed by atoms with E-state index in [0.717, 1.165) is 10.1 Å². The number of nitrogens with zero attached hydrogens (tertiary/aromatic N) is 1. The Balaban J connectivity index is 1.61. The minimum absolute atomic E-state index is 0.0410. The lowest BCUT2D eigenvalue weighted by molar-refractivity contribution is -0.0778. The van der Waals surface area contributed by atoms with Crippen LogP contribution in [-0.4, -0.2) is 65.4 Å². The number of carbonyl (C=O) groups excluding carboxylic acids is 1. The van der Waals surface area contributed by atoms with Crippen LogP contribution in [0.2, 0.25) is 0 Å². The fourth-order valence-electron chi connectivity index (χ4n) is 3.34. The normalized spacial score (nSPS) is 23.6. The zero-order valence-corrected chi connectivity index (χ0v) is 17.8. The highest BCUT2D eigenvalue weighted by molar-refractivity contribution is 5.67. The van der Waals surface area contributed by atoms with Crippen LogP contribution in [-0.2, 0) is 25.6 Å². The summed E-state index contributed by atoms with van der Waals surface area (Å²) in [6.07, 6.45) is -2.91. The Kier molecular flexibility index (Phi) is 8.17. The van der Waals surface area contributed by atoms with E-state index in [9.17, 15) is 19.5 Å². The van der Waals surface area contributed by atoms with Gasteiger partial charge in [0, 0.05) is 19.4 Å². The number of aromatic amines is 1. The van der Waals surface area contributed by atoms with Crippen molar-refractivity contribution in [2.75, 3.05) is 20.3 Å². The van der Waals surface area contributed by atoms with E-state index in [1.165, 1.54) is 19.4 Å². The predicted molar refractivity (Wildman–Crippen MR) is 112 cm³/mol. The van der Waals surface area contributed by atoms with Crippen molar-refractivity contribution < 1.29 is 28.8 Å². The number of rotatable bonds is 9. The van der Waals surface area contributed by atoms with Crippen molar-refractivity contribution in [1.82, 2.24) is 14.9 Å². The minimum atomic E-state index is -1.04. The van der Waals surface area contributed by atoms with Crippen molar-refractivity contribution in [3.63, 3.8) is 0 Å². The molecule has 11 heteroatoms. The second-order valence-electron chi connectivity index (χ2n) is 7.40. The highest BCUT2D eigenvalue weighted by atomic mass is 16.6. The van der Waals surface area contributed by atoms with Crippen LogP contribution >= 0.6 is 0 Å². The van der Waals surface area contributed by atoms with Gasteiger partial charge in [0.25, 0.3) is 5.56 Å². The molecule has 2 heterocycles. The van der Waals surface area contributed by atoms with Gasteiger partial charge in [-0.25, -0.2) is 9.59 Å². The maximum atomic E-state index is 12.2. The molecule has 2 unspecified atom stereocenters. The number of benzene rings is 1. The predicted octanol–water partition coefficient (Wildman–Crippen LogP) is 0.141. The molecule has 2 aromatic rings. The van der Waals surface area contributed by atoms with E-state index in [2.05, 4.69) is 10.3 Å². The van der Waals surface area contributed by atoms with Crippen molar-refractivity contribution in [3.8, 4) is 0 Å². The summed E-state index contributed by atoms with van der Waals surface area (Å²) in [5, 5.41) is 13.2. The van der Waals surface area contributed by atoms with Crippen LogP contribution in [0.15, 0.2) is 52.2 Å². The Morgan fingerprint density at radius 1 is 1.25 bits per heavy atom. The van der Waals surface area contributed by atoms with Gasteiger partial charge in [-0.2, -0.15) is 0 Å². The van der Waals surface area contributed by atoms with Crippen molar-refractivity contribution in [1.29, 1.82) is 0 Å². The van der Waals surface area contributed by atoms with Gasteiger partial charge >= 0.3 is 11.8 Å². The zero-order valence-electron chi connectivity index (χ0n) is 17.8. The minimum Gasteiger partial charge on any atom is -0.445 e. The molecule has 1 aliphatic heterocycles. The second-order valence-corrected chi connectivity index (χ2v) is 7.40. The average Bonchev–Trinajstić information content (AvgIpc) is 3.05. The molecule has 11 nitrogen and oxygen atoms in total. The van der Waals surface area contributed by atoms with Gasteiger partial charge in [0.15, 0.2) is 6.23 Å². The number of nitrogens with one attached hydrogen (secondary N) is 2. The molecule has 1 saturated heterocycles. The lowest BCUT2D eigenvalue weighted by Crippen LogP contribution is -2.45. The quantitative estimate of drug-likeness (QED) is 0.491. The Bertz CT molecular complexity index is 992. The first kappa shape index (κ1) is 23.7. The number of amides is 1. The highest BCUT2D eigenvalue weighted by Gasteiger charge is 2.44. The monoisotopic (exact) mass is 449 g/mol. The topological polar surface area (TPSA) is 141 Å². The third-order valence-electron chi connectivity index (χ3n) is 4.97. The molecule has 3 rings (SSSR count). The number of aromatic nitrogens is 2. The van der Waals surface area contributed by atoms with Gasteiger partial charge in [-0.15, -0.1) is 0 Å². The van der Waals surface area contributed by atoms with Crippen molar-refractivity contribution >= 4 is 6.09 Å². The van der Waals surface area contributed by atoms with E-state index in [0.29, 0.717) is 0 Å². The Hall–Kier alpha value is -2.99. The molecule has 1 aromatic heterocycles. The summed E-state index contributed by atoms with van der Waals surface area (Å²) >= 11 is 0. The van der Waals surface area contributed by atoms with Crippen LogP contribution in [0.5, 0.6) is 0 Å². The summed E-state index contributed by atoms with van der Waals surface area (Å²) in [5.41, 5.74) is -0.390. The van der Waals surface area contributed by atoms with Crippen LogP contribution in [0.25, 0.3) is 0 Å².